The normalized spacial score (nSPS) is 24.1. The molecule has 102 valence electrons. The number of morpholine rings is 1. The van der Waals surface area contributed by atoms with Crippen molar-refractivity contribution >= 4 is 39.3 Å². The minimum absolute atomic E-state index is 0.272. The van der Waals surface area contributed by atoms with Crippen LogP contribution in [0.2, 0.25) is 0 Å². The van der Waals surface area contributed by atoms with Gasteiger partial charge in [0.05, 0.1) is 24.1 Å². The molecular formula is C14H18IN3O. The number of halogens is 1. The van der Waals surface area contributed by atoms with Gasteiger partial charge in [0.1, 0.15) is 5.65 Å². The van der Waals surface area contributed by atoms with Crippen LogP contribution in [0.15, 0.2) is 18.5 Å². The highest BCUT2D eigenvalue weighted by Crippen LogP contribution is 2.27. The van der Waals surface area contributed by atoms with Crippen molar-refractivity contribution in [3.63, 3.8) is 0 Å². The highest BCUT2D eigenvalue weighted by Gasteiger charge is 2.23. The van der Waals surface area contributed by atoms with Crippen molar-refractivity contribution in [1.29, 1.82) is 0 Å². The largest absolute Gasteiger partial charge is 0.372 e. The molecule has 0 saturated carbocycles. The van der Waals surface area contributed by atoms with Gasteiger partial charge in [-0.1, -0.05) is 0 Å². The monoisotopic (exact) mass is 371 g/mol. The number of nitrogens with zero attached hydrogens (tertiary/aromatic N) is 3. The maximum Gasteiger partial charge on any atom is 0.140 e. The average Bonchev–Trinajstić information content (AvgIpc) is 2.63. The highest BCUT2D eigenvalue weighted by molar-refractivity contribution is 14.1. The van der Waals surface area contributed by atoms with E-state index in [0.29, 0.717) is 0 Å². The topological polar surface area (TPSA) is 30.3 Å². The van der Waals surface area contributed by atoms with Crippen molar-refractivity contribution < 1.29 is 4.74 Å². The first-order chi connectivity index (χ1) is 9.04. The van der Waals surface area contributed by atoms with Gasteiger partial charge in [-0.15, -0.1) is 0 Å². The quantitative estimate of drug-likeness (QED) is 0.723. The Hall–Kier alpha value is -0.820. The molecule has 0 aliphatic carbocycles. The van der Waals surface area contributed by atoms with Gasteiger partial charge in [0, 0.05) is 35.3 Å². The fourth-order valence-electron chi connectivity index (χ4n) is 2.77. The predicted octanol–water partition coefficient (Wildman–Crippen LogP) is 2.79. The van der Waals surface area contributed by atoms with Crippen LogP contribution in [0.25, 0.3) is 11.0 Å². The molecule has 0 unspecified atom stereocenters. The molecule has 0 aromatic carbocycles. The smallest absolute Gasteiger partial charge is 0.140 e. The number of rotatable bonds is 1. The molecule has 19 heavy (non-hydrogen) atoms. The molecule has 1 fully saturated rings. The third kappa shape index (κ3) is 2.45. The first-order valence-electron chi connectivity index (χ1n) is 6.55. The molecule has 5 heteroatoms. The van der Waals surface area contributed by atoms with Gasteiger partial charge in [-0.3, -0.25) is 0 Å². The molecule has 1 saturated heterocycles. The summed E-state index contributed by atoms with van der Waals surface area (Å²) in [6.45, 7) is 6.11. The lowest BCUT2D eigenvalue weighted by atomic mass is 10.2. The number of pyridine rings is 1. The second-order valence-electron chi connectivity index (χ2n) is 5.31. The molecule has 2 aromatic heterocycles. The Morgan fingerprint density at radius 1 is 1.32 bits per heavy atom. The fourth-order valence-corrected chi connectivity index (χ4v) is 3.58. The summed E-state index contributed by atoms with van der Waals surface area (Å²) in [6, 6.07) is 2.24. The zero-order valence-electron chi connectivity index (χ0n) is 11.4. The van der Waals surface area contributed by atoms with Gasteiger partial charge >= 0.3 is 0 Å². The molecule has 4 nitrogen and oxygen atoms in total. The van der Waals surface area contributed by atoms with E-state index in [-0.39, 0.29) is 12.2 Å². The maximum atomic E-state index is 5.79. The van der Waals surface area contributed by atoms with E-state index < -0.39 is 0 Å². The van der Waals surface area contributed by atoms with E-state index in [1.807, 2.05) is 13.2 Å². The van der Waals surface area contributed by atoms with Crippen LogP contribution in [0, 0.1) is 3.57 Å². The van der Waals surface area contributed by atoms with Crippen LogP contribution in [0.5, 0.6) is 0 Å². The number of hydrogen-bond acceptors (Lipinski definition) is 3. The maximum absolute atomic E-state index is 5.79. The highest BCUT2D eigenvalue weighted by atomic mass is 127. The third-order valence-electron chi connectivity index (χ3n) is 3.54. The van der Waals surface area contributed by atoms with Crippen molar-refractivity contribution in [3.05, 3.63) is 22.0 Å². The van der Waals surface area contributed by atoms with Gasteiger partial charge in [0.2, 0.25) is 0 Å². The molecule has 3 rings (SSSR count). The van der Waals surface area contributed by atoms with E-state index in [2.05, 4.69) is 63.2 Å². The van der Waals surface area contributed by atoms with Crippen LogP contribution in [-0.2, 0) is 11.8 Å². The van der Waals surface area contributed by atoms with Crippen LogP contribution in [0.1, 0.15) is 13.8 Å². The van der Waals surface area contributed by atoms with E-state index in [1.165, 1.54) is 14.6 Å². The van der Waals surface area contributed by atoms with Crippen LogP contribution >= 0.6 is 22.6 Å². The van der Waals surface area contributed by atoms with E-state index in [9.17, 15) is 0 Å². The molecule has 2 aromatic rings. The molecule has 1 aliphatic heterocycles. The second kappa shape index (κ2) is 4.94. The summed E-state index contributed by atoms with van der Waals surface area (Å²) >= 11 is 2.37. The molecule has 0 radical (unpaired) electrons. The standard InChI is InChI=1S/C14H18IN3O/c1-9-6-18(7-10(2)19-9)11-4-12-13(15)8-17(3)14(12)16-5-11/h4-5,8-10H,6-7H2,1-3H3/t9-,10-/m1/s1. The van der Waals surface area contributed by atoms with Crippen molar-refractivity contribution in [3.8, 4) is 0 Å². The van der Waals surface area contributed by atoms with Gasteiger partial charge in [-0.2, -0.15) is 0 Å². The molecule has 2 atom stereocenters. The number of hydrogen-bond donors (Lipinski definition) is 0. The summed E-state index contributed by atoms with van der Waals surface area (Å²) in [4.78, 5) is 6.97. The summed E-state index contributed by atoms with van der Waals surface area (Å²) in [5, 5.41) is 1.23. The van der Waals surface area contributed by atoms with Gasteiger partial charge in [-0.05, 0) is 42.5 Å². The number of fused-ring (bicyclic) bond motifs is 1. The Bertz CT molecular complexity index is 600. The van der Waals surface area contributed by atoms with Gasteiger partial charge in [0.15, 0.2) is 0 Å². The van der Waals surface area contributed by atoms with Crippen LogP contribution in [0.4, 0.5) is 5.69 Å². The summed E-state index contributed by atoms with van der Waals surface area (Å²) in [7, 11) is 2.04. The summed E-state index contributed by atoms with van der Waals surface area (Å²) in [5.41, 5.74) is 2.24. The minimum Gasteiger partial charge on any atom is -0.372 e. The number of aromatic nitrogens is 2. The molecule has 3 heterocycles. The van der Waals surface area contributed by atoms with E-state index in [1.54, 1.807) is 0 Å². The molecule has 0 bridgehead atoms. The number of ether oxygens (including phenoxy) is 1. The van der Waals surface area contributed by atoms with E-state index in [4.69, 9.17) is 4.74 Å². The van der Waals surface area contributed by atoms with Gasteiger partial charge < -0.3 is 14.2 Å². The molecule has 0 amide bonds. The molecule has 1 aliphatic rings. The molecule has 0 spiro atoms. The lowest BCUT2D eigenvalue weighted by Crippen LogP contribution is -2.45. The minimum atomic E-state index is 0.272. The lowest BCUT2D eigenvalue weighted by molar-refractivity contribution is -0.00522. The number of aryl methyl sites for hydroxylation is 1. The van der Waals surface area contributed by atoms with Crippen molar-refractivity contribution in [1.82, 2.24) is 9.55 Å². The fraction of sp³-hybridized carbons (Fsp3) is 0.500. The first-order valence-corrected chi connectivity index (χ1v) is 7.63. The molecular weight excluding hydrogens is 353 g/mol. The van der Waals surface area contributed by atoms with Crippen molar-refractivity contribution in [2.75, 3.05) is 18.0 Å². The van der Waals surface area contributed by atoms with Gasteiger partial charge in [0.25, 0.3) is 0 Å². The Morgan fingerprint density at radius 2 is 2.00 bits per heavy atom. The predicted molar refractivity (Wildman–Crippen MR) is 85.7 cm³/mol. The Balaban J connectivity index is 1.98. The first kappa shape index (κ1) is 13.2. The Morgan fingerprint density at radius 3 is 2.68 bits per heavy atom. The van der Waals surface area contributed by atoms with Crippen molar-refractivity contribution in [2.45, 2.75) is 26.1 Å². The van der Waals surface area contributed by atoms with Crippen molar-refractivity contribution in [2.24, 2.45) is 7.05 Å². The Kier molecular flexibility index (Phi) is 3.42. The third-order valence-corrected chi connectivity index (χ3v) is 4.39. The van der Waals surface area contributed by atoms with E-state index in [0.717, 1.165) is 18.7 Å². The lowest BCUT2D eigenvalue weighted by Gasteiger charge is -2.36. The van der Waals surface area contributed by atoms with Crippen LogP contribution < -0.4 is 4.90 Å². The summed E-state index contributed by atoms with van der Waals surface area (Å²) in [5.74, 6) is 0. The Labute approximate surface area is 126 Å². The van der Waals surface area contributed by atoms with Crippen LogP contribution in [0.3, 0.4) is 0 Å². The SMILES string of the molecule is C[C@@H]1CN(c2cnc3c(c2)c(I)cn3C)C[C@@H](C)O1. The summed E-state index contributed by atoms with van der Waals surface area (Å²) < 4.78 is 9.11. The molecule has 0 N–H and O–H groups in total. The average molecular weight is 371 g/mol. The summed E-state index contributed by atoms with van der Waals surface area (Å²) in [6.07, 6.45) is 4.64. The zero-order valence-corrected chi connectivity index (χ0v) is 13.6. The van der Waals surface area contributed by atoms with E-state index >= 15 is 0 Å². The van der Waals surface area contributed by atoms with Gasteiger partial charge in [-0.25, -0.2) is 4.98 Å². The zero-order chi connectivity index (χ0) is 13.6. The van der Waals surface area contributed by atoms with Crippen LogP contribution in [-0.4, -0.2) is 34.8 Å². The second-order valence-corrected chi connectivity index (χ2v) is 6.48. The number of anilines is 1.